The molecule has 90 valence electrons. The second-order valence-corrected chi connectivity index (χ2v) is 4.77. The van der Waals surface area contributed by atoms with E-state index >= 15 is 0 Å². The molecule has 0 fully saturated rings. The van der Waals surface area contributed by atoms with E-state index in [0.717, 1.165) is 0 Å². The molecule has 1 heterocycles. The van der Waals surface area contributed by atoms with E-state index in [4.69, 9.17) is 34.2 Å². The average Bonchev–Trinajstić information content (AvgIpc) is 2.22. The van der Waals surface area contributed by atoms with E-state index in [0.29, 0.717) is 21.7 Å². The molecular formula is C9H14Cl2N4O. The Hall–Kier alpha value is -0.750. The van der Waals surface area contributed by atoms with Crippen LogP contribution in [0.3, 0.4) is 0 Å². The van der Waals surface area contributed by atoms with Gasteiger partial charge in [-0.15, -0.1) is 0 Å². The summed E-state index contributed by atoms with van der Waals surface area (Å²) in [6.45, 7) is 3.57. The number of hydrogen-bond donors (Lipinski definition) is 4. The number of aliphatic hydroxyl groups excluding tert-OH is 1. The third-order valence-corrected chi connectivity index (χ3v) is 2.49. The van der Waals surface area contributed by atoms with Crippen molar-refractivity contribution in [1.82, 2.24) is 4.98 Å². The Morgan fingerprint density at radius 2 is 1.94 bits per heavy atom. The zero-order chi connectivity index (χ0) is 12.3. The Morgan fingerprint density at radius 1 is 1.38 bits per heavy atom. The largest absolute Gasteiger partial charge is 0.394 e. The minimum Gasteiger partial charge on any atom is -0.394 e. The number of hydrazine groups is 1. The van der Waals surface area contributed by atoms with Gasteiger partial charge in [-0.1, -0.05) is 23.2 Å². The lowest BCUT2D eigenvalue weighted by molar-refractivity contribution is 0.234. The third kappa shape index (κ3) is 3.12. The lowest BCUT2D eigenvalue weighted by Gasteiger charge is -2.25. The zero-order valence-electron chi connectivity index (χ0n) is 9.01. The molecule has 5 N–H and O–H groups in total. The number of anilines is 2. The average molecular weight is 265 g/mol. The topological polar surface area (TPSA) is 83.2 Å². The molecule has 7 heteroatoms. The van der Waals surface area contributed by atoms with Crippen LogP contribution in [0.5, 0.6) is 0 Å². The van der Waals surface area contributed by atoms with Crippen LogP contribution in [0, 0.1) is 0 Å². The molecule has 0 aliphatic heterocycles. The monoisotopic (exact) mass is 264 g/mol. The molecular weight excluding hydrogens is 251 g/mol. The summed E-state index contributed by atoms with van der Waals surface area (Å²) in [5, 5.41) is 12.8. The van der Waals surface area contributed by atoms with Crippen molar-refractivity contribution in [1.29, 1.82) is 0 Å². The van der Waals surface area contributed by atoms with Crippen LogP contribution in [0.25, 0.3) is 0 Å². The van der Waals surface area contributed by atoms with E-state index in [1.807, 2.05) is 13.8 Å². The van der Waals surface area contributed by atoms with E-state index in [2.05, 4.69) is 15.7 Å². The quantitative estimate of drug-likeness (QED) is 0.493. The maximum absolute atomic E-state index is 9.13. The maximum Gasteiger partial charge on any atom is 0.161 e. The Kier molecular flexibility index (Phi) is 4.21. The first-order valence-corrected chi connectivity index (χ1v) is 5.37. The first-order chi connectivity index (χ1) is 7.39. The Morgan fingerprint density at radius 3 is 2.44 bits per heavy atom. The van der Waals surface area contributed by atoms with Crippen molar-refractivity contribution in [2.45, 2.75) is 19.4 Å². The molecule has 0 saturated heterocycles. The van der Waals surface area contributed by atoms with Crippen LogP contribution in [0.4, 0.5) is 11.6 Å². The van der Waals surface area contributed by atoms with Crippen LogP contribution in [0.2, 0.25) is 10.0 Å². The van der Waals surface area contributed by atoms with Gasteiger partial charge in [-0.25, -0.2) is 10.8 Å². The standard InChI is InChI=1S/C9H14Cl2N4O/c1-9(2,4-16)14-7-5(10)3-6(11)8(13-7)15-12/h3,16H,4,12H2,1-2H3,(H2,13,14,15). The van der Waals surface area contributed by atoms with Crippen molar-refractivity contribution in [2.24, 2.45) is 5.84 Å². The molecule has 0 aliphatic carbocycles. The highest BCUT2D eigenvalue weighted by Gasteiger charge is 2.19. The number of hydrogen-bond acceptors (Lipinski definition) is 5. The number of nitrogens with zero attached hydrogens (tertiary/aromatic N) is 1. The molecule has 1 aromatic heterocycles. The molecule has 0 atom stereocenters. The smallest absolute Gasteiger partial charge is 0.161 e. The Labute approximate surface area is 104 Å². The molecule has 1 rings (SSSR count). The van der Waals surface area contributed by atoms with E-state index in [9.17, 15) is 0 Å². The minimum atomic E-state index is -0.531. The van der Waals surface area contributed by atoms with Crippen LogP contribution >= 0.6 is 23.2 Å². The molecule has 0 radical (unpaired) electrons. The fraction of sp³-hybridized carbons (Fsp3) is 0.444. The van der Waals surface area contributed by atoms with Gasteiger partial charge in [0.1, 0.15) is 5.82 Å². The van der Waals surface area contributed by atoms with Crippen LogP contribution in [0.15, 0.2) is 6.07 Å². The van der Waals surface area contributed by atoms with Crippen molar-refractivity contribution in [3.05, 3.63) is 16.1 Å². The number of nitrogen functional groups attached to an aromatic ring is 1. The summed E-state index contributed by atoms with van der Waals surface area (Å²) in [4.78, 5) is 4.10. The summed E-state index contributed by atoms with van der Waals surface area (Å²) in [5.41, 5.74) is 1.83. The number of aliphatic hydroxyl groups is 1. The predicted octanol–water partition coefficient (Wildman–Crippen LogP) is 1.86. The Bertz CT molecular complexity index is 384. The molecule has 0 saturated carbocycles. The van der Waals surface area contributed by atoms with Gasteiger partial charge in [-0.2, -0.15) is 0 Å². The van der Waals surface area contributed by atoms with Crippen LogP contribution in [-0.4, -0.2) is 22.2 Å². The van der Waals surface area contributed by atoms with E-state index in [1.165, 1.54) is 6.07 Å². The van der Waals surface area contributed by atoms with Crippen molar-refractivity contribution in [3.63, 3.8) is 0 Å². The van der Waals surface area contributed by atoms with Gasteiger partial charge >= 0.3 is 0 Å². The van der Waals surface area contributed by atoms with Crippen LogP contribution < -0.4 is 16.6 Å². The predicted molar refractivity (Wildman–Crippen MR) is 66.9 cm³/mol. The van der Waals surface area contributed by atoms with Gasteiger partial charge in [0.15, 0.2) is 5.82 Å². The van der Waals surface area contributed by atoms with Crippen LogP contribution in [0.1, 0.15) is 13.8 Å². The fourth-order valence-corrected chi connectivity index (χ4v) is 1.48. The van der Waals surface area contributed by atoms with Gasteiger partial charge in [-0.3, -0.25) is 0 Å². The van der Waals surface area contributed by atoms with Gasteiger partial charge in [0.05, 0.1) is 22.2 Å². The first kappa shape index (κ1) is 13.3. The molecule has 0 aromatic carbocycles. The van der Waals surface area contributed by atoms with Crippen molar-refractivity contribution >= 4 is 34.8 Å². The van der Waals surface area contributed by atoms with Gasteiger partial charge in [0, 0.05) is 0 Å². The summed E-state index contributed by atoms with van der Waals surface area (Å²) < 4.78 is 0. The fourth-order valence-electron chi connectivity index (χ4n) is 1.02. The summed E-state index contributed by atoms with van der Waals surface area (Å²) in [7, 11) is 0. The zero-order valence-corrected chi connectivity index (χ0v) is 10.5. The highest BCUT2D eigenvalue weighted by atomic mass is 35.5. The second kappa shape index (κ2) is 5.05. The Balaban J connectivity index is 3.05. The maximum atomic E-state index is 9.13. The molecule has 1 aromatic rings. The number of aromatic nitrogens is 1. The van der Waals surface area contributed by atoms with Gasteiger partial charge in [-0.05, 0) is 19.9 Å². The van der Waals surface area contributed by atoms with Crippen LogP contribution in [-0.2, 0) is 0 Å². The number of halogens is 2. The number of pyridine rings is 1. The van der Waals surface area contributed by atoms with E-state index in [-0.39, 0.29) is 6.61 Å². The lowest BCUT2D eigenvalue weighted by atomic mass is 10.1. The van der Waals surface area contributed by atoms with Gasteiger partial charge < -0.3 is 15.8 Å². The highest BCUT2D eigenvalue weighted by molar-refractivity contribution is 6.37. The summed E-state index contributed by atoms with van der Waals surface area (Å²) in [5.74, 6) is 5.99. The normalized spacial score (nSPS) is 11.4. The summed E-state index contributed by atoms with van der Waals surface area (Å²) >= 11 is 11.8. The van der Waals surface area contributed by atoms with E-state index in [1.54, 1.807) is 0 Å². The molecule has 0 bridgehead atoms. The van der Waals surface area contributed by atoms with Crippen molar-refractivity contribution < 1.29 is 5.11 Å². The number of rotatable bonds is 4. The molecule has 0 unspecified atom stereocenters. The molecule has 5 nitrogen and oxygen atoms in total. The van der Waals surface area contributed by atoms with Gasteiger partial charge in [0.25, 0.3) is 0 Å². The SMILES string of the molecule is CC(C)(CO)Nc1nc(NN)c(Cl)cc1Cl. The van der Waals surface area contributed by atoms with Gasteiger partial charge in [0.2, 0.25) is 0 Å². The highest BCUT2D eigenvalue weighted by Crippen LogP contribution is 2.30. The molecule has 0 aliphatic rings. The lowest BCUT2D eigenvalue weighted by Crippen LogP contribution is -2.35. The third-order valence-electron chi connectivity index (χ3n) is 1.92. The molecule has 0 amide bonds. The number of nitrogens with one attached hydrogen (secondary N) is 2. The summed E-state index contributed by atoms with van der Waals surface area (Å²) in [6, 6.07) is 1.53. The molecule has 16 heavy (non-hydrogen) atoms. The second-order valence-electron chi connectivity index (χ2n) is 3.96. The van der Waals surface area contributed by atoms with Crippen molar-refractivity contribution in [3.8, 4) is 0 Å². The molecule has 0 spiro atoms. The first-order valence-electron chi connectivity index (χ1n) is 4.61. The number of nitrogens with two attached hydrogens (primary N) is 1. The minimum absolute atomic E-state index is 0.0565. The van der Waals surface area contributed by atoms with Crippen molar-refractivity contribution in [2.75, 3.05) is 17.3 Å². The summed E-state index contributed by atoms with van der Waals surface area (Å²) in [6.07, 6.45) is 0. The van der Waals surface area contributed by atoms with E-state index < -0.39 is 5.54 Å².